The Labute approximate surface area is 133 Å². The Hall–Kier alpha value is -0.910. The fourth-order valence-corrected chi connectivity index (χ4v) is 3.86. The Morgan fingerprint density at radius 3 is 2.35 bits per heavy atom. The topological polar surface area (TPSA) is 37.4 Å². The summed E-state index contributed by atoms with van der Waals surface area (Å²) in [5.74, 6) is 0.240. The van der Waals surface area contributed by atoms with Crippen LogP contribution in [0.25, 0.3) is 0 Å². The molecule has 0 saturated heterocycles. The van der Waals surface area contributed by atoms with Gasteiger partial charge in [0.15, 0.2) is 0 Å². The maximum Gasteiger partial charge on any atom is 0.230 e. The van der Waals surface area contributed by atoms with Crippen LogP contribution in [0, 0.1) is 20.8 Å². The molecule has 2 rings (SSSR count). The first-order chi connectivity index (χ1) is 9.26. The highest BCUT2D eigenvalue weighted by Crippen LogP contribution is 2.52. The molecule has 1 aliphatic carbocycles. The third-order valence-electron chi connectivity index (χ3n) is 4.60. The lowest BCUT2D eigenvalue weighted by molar-refractivity contribution is -0.146. The van der Waals surface area contributed by atoms with Crippen LogP contribution in [0.1, 0.15) is 27.2 Å². The molecule has 0 heterocycles. The molecule has 0 radical (unpaired) electrons. The monoisotopic (exact) mass is 385 g/mol. The highest BCUT2D eigenvalue weighted by Gasteiger charge is 2.54. The molecule has 1 aliphatic rings. The van der Waals surface area contributed by atoms with E-state index < -0.39 is 0 Å². The average molecular weight is 385 g/mol. The van der Waals surface area contributed by atoms with E-state index in [1.54, 1.807) is 11.8 Å². The van der Waals surface area contributed by atoms with Crippen molar-refractivity contribution in [2.24, 2.45) is 17.3 Å². The van der Waals surface area contributed by atoms with Crippen molar-refractivity contribution in [3.63, 3.8) is 0 Å². The van der Waals surface area contributed by atoms with Crippen LogP contribution in [0.3, 0.4) is 0 Å². The number of para-hydroxylation sites is 1. The van der Waals surface area contributed by atoms with Gasteiger partial charge in [-0.3, -0.25) is 9.59 Å². The van der Waals surface area contributed by atoms with E-state index in [1.165, 1.54) is 0 Å². The molecule has 108 valence electrons. The molecule has 1 fully saturated rings. The van der Waals surface area contributed by atoms with Crippen LogP contribution in [0.2, 0.25) is 0 Å². The van der Waals surface area contributed by atoms with E-state index >= 15 is 0 Å². The minimum atomic E-state index is -0.239. The number of rotatable bonds is 3. The number of halogens is 1. The zero-order valence-electron chi connectivity index (χ0n) is 12.3. The largest absolute Gasteiger partial charge is 0.314 e. The van der Waals surface area contributed by atoms with Gasteiger partial charge in [0.2, 0.25) is 5.91 Å². The van der Waals surface area contributed by atoms with Gasteiger partial charge < -0.3 is 4.90 Å². The number of nitrogens with zero attached hydrogens (tertiary/aromatic N) is 1. The Bertz CT molecular complexity index is 553. The maximum absolute atomic E-state index is 12.7. The lowest BCUT2D eigenvalue weighted by Crippen LogP contribution is -2.55. The summed E-state index contributed by atoms with van der Waals surface area (Å²) in [7, 11) is 1.82. The van der Waals surface area contributed by atoms with Crippen LogP contribution in [0.15, 0.2) is 24.3 Å². The van der Waals surface area contributed by atoms with E-state index in [9.17, 15) is 9.59 Å². The van der Waals surface area contributed by atoms with Crippen LogP contribution in [-0.4, -0.2) is 18.7 Å². The molecule has 1 saturated carbocycles. The van der Waals surface area contributed by atoms with Crippen molar-refractivity contribution in [2.75, 3.05) is 11.9 Å². The first-order valence-corrected chi connectivity index (χ1v) is 7.87. The number of carbonyl (C=O) groups excluding carboxylic acids is 2. The highest BCUT2D eigenvalue weighted by atomic mass is 127. The van der Waals surface area contributed by atoms with Crippen molar-refractivity contribution in [1.82, 2.24) is 0 Å². The molecule has 0 spiro atoms. The van der Waals surface area contributed by atoms with Crippen molar-refractivity contribution in [3.8, 4) is 0 Å². The number of benzene rings is 1. The molecule has 1 amide bonds. The predicted molar refractivity (Wildman–Crippen MR) is 88.6 cm³/mol. The Morgan fingerprint density at radius 1 is 1.25 bits per heavy atom. The molecule has 1 aromatic carbocycles. The van der Waals surface area contributed by atoms with Gasteiger partial charge in [-0.25, -0.2) is 0 Å². The summed E-state index contributed by atoms with van der Waals surface area (Å²) < 4.78 is 1.06. The zero-order valence-corrected chi connectivity index (χ0v) is 14.5. The summed E-state index contributed by atoms with van der Waals surface area (Å²) in [5.41, 5.74) is 0.692. The van der Waals surface area contributed by atoms with Crippen molar-refractivity contribution in [2.45, 2.75) is 27.2 Å². The molecule has 2 atom stereocenters. The lowest BCUT2D eigenvalue weighted by Gasteiger charge is -2.50. The summed E-state index contributed by atoms with van der Waals surface area (Å²) >= 11 is 2.24. The van der Waals surface area contributed by atoms with Crippen LogP contribution in [0.5, 0.6) is 0 Å². The van der Waals surface area contributed by atoms with E-state index in [2.05, 4.69) is 22.6 Å². The average Bonchev–Trinajstić information content (AvgIpc) is 2.36. The smallest absolute Gasteiger partial charge is 0.230 e. The molecule has 20 heavy (non-hydrogen) atoms. The second-order valence-electron chi connectivity index (χ2n) is 6.12. The number of anilines is 1. The van der Waals surface area contributed by atoms with E-state index in [1.807, 2.05) is 45.2 Å². The fraction of sp³-hybridized carbons (Fsp3) is 0.500. The molecule has 0 aliphatic heterocycles. The molecule has 1 aromatic rings. The second kappa shape index (κ2) is 5.47. The van der Waals surface area contributed by atoms with Crippen LogP contribution < -0.4 is 4.90 Å². The first-order valence-electron chi connectivity index (χ1n) is 6.79. The minimum absolute atomic E-state index is 0.0136. The summed E-state index contributed by atoms with van der Waals surface area (Å²) in [6.45, 7) is 5.67. The van der Waals surface area contributed by atoms with Gasteiger partial charge in [-0.2, -0.15) is 0 Å². The first kappa shape index (κ1) is 15.5. The van der Waals surface area contributed by atoms with Crippen molar-refractivity contribution < 1.29 is 9.59 Å². The number of hydrogen-bond acceptors (Lipinski definition) is 2. The van der Waals surface area contributed by atoms with Gasteiger partial charge >= 0.3 is 0 Å². The van der Waals surface area contributed by atoms with Crippen LogP contribution in [0.4, 0.5) is 5.69 Å². The van der Waals surface area contributed by atoms with Crippen LogP contribution in [-0.2, 0) is 9.59 Å². The number of Topliss-reactive ketones (excluding diaryl/α,β-unsaturated/α-hetero) is 1. The van der Waals surface area contributed by atoms with Gasteiger partial charge in [0.25, 0.3) is 0 Å². The van der Waals surface area contributed by atoms with E-state index in [0.29, 0.717) is 6.42 Å². The third kappa shape index (κ3) is 2.50. The summed E-state index contributed by atoms with van der Waals surface area (Å²) in [6, 6.07) is 7.84. The van der Waals surface area contributed by atoms with E-state index in [0.717, 1.165) is 9.26 Å². The molecule has 4 heteroatoms. The van der Waals surface area contributed by atoms with Gasteiger partial charge in [-0.15, -0.1) is 0 Å². The molecule has 0 unspecified atom stereocenters. The van der Waals surface area contributed by atoms with E-state index in [4.69, 9.17) is 0 Å². The summed E-state index contributed by atoms with van der Waals surface area (Å²) in [4.78, 5) is 26.0. The maximum atomic E-state index is 12.7. The third-order valence-corrected chi connectivity index (χ3v) is 5.51. The lowest BCUT2D eigenvalue weighted by atomic mass is 9.53. The summed E-state index contributed by atoms with van der Waals surface area (Å²) in [5, 5.41) is 0. The molecular formula is C16H20INO2. The fourth-order valence-electron chi connectivity index (χ4n) is 3.11. The highest BCUT2D eigenvalue weighted by molar-refractivity contribution is 14.1. The minimum Gasteiger partial charge on any atom is -0.314 e. The Morgan fingerprint density at radius 2 is 1.85 bits per heavy atom. The molecular weight excluding hydrogens is 365 g/mol. The van der Waals surface area contributed by atoms with Crippen molar-refractivity contribution in [1.29, 1.82) is 0 Å². The van der Waals surface area contributed by atoms with Gasteiger partial charge in [-0.05, 0) is 53.5 Å². The second-order valence-corrected chi connectivity index (χ2v) is 7.28. The van der Waals surface area contributed by atoms with Crippen molar-refractivity contribution >= 4 is 40.0 Å². The molecule has 0 N–H and O–H groups in total. The zero-order chi connectivity index (χ0) is 15.1. The number of ketones is 1. The van der Waals surface area contributed by atoms with Gasteiger partial charge in [0.1, 0.15) is 5.78 Å². The SMILES string of the molecule is CC(=O)[C@@H]1C[C@H](C(=O)N(C)c2ccccc2I)C1(C)C. The van der Waals surface area contributed by atoms with Gasteiger partial charge in [-0.1, -0.05) is 26.0 Å². The quantitative estimate of drug-likeness (QED) is 0.747. The number of amides is 1. The Balaban J connectivity index is 2.18. The van der Waals surface area contributed by atoms with Gasteiger partial charge in [0.05, 0.1) is 5.69 Å². The van der Waals surface area contributed by atoms with E-state index in [-0.39, 0.29) is 28.9 Å². The van der Waals surface area contributed by atoms with Crippen LogP contribution >= 0.6 is 22.6 Å². The molecule has 0 aromatic heterocycles. The normalized spacial score (nSPS) is 23.9. The van der Waals surface area contributed by atoms with Gasteiger partial charge in [0, 0.05) is 22.5 Å². The van der Waals surface area contributed by atoms with Crippen molar-refractivity contribution in [3.05, 3.63) is 27.8 Å². The Kier molecular flexibility index (Phi) is 4.23. The molecule has 3 nitrogen and oxygen atoms in total. The molecule has 0 bridgehead atoms. The predicted octanol–water partition coefficient (Wildman–Crippen LogP) is 3.51. The number of hydrogen-bond donors (Lipinski definition) is 0. The summed E-state index contributed by atoms with van der Waals surface area (Å²) in [6.07, 6.45) is 0.676. The number of carbonyl (C=O) groups is 2. The standard InChI is InChI=1S/C16H20INO2/c1-10(19)11-9-12(16(11,2)3)15(20)18(4)14-8-6-5-7-13(14)17/h5-8,11-12H,9H2,1-4H3/t11-,12+/m0/s1.